The Morgan fingerprint density at radius 3 is 2.86 bits per heavy atom. The largest absolute Gasteiger partial charge is 0.459 e. The highest BCUT2D eigenvalue weighted by Gasteiger charge is 2.20. The molecule has 1 aromatic carbocycles. The predicted molar refractivity (Wildman–Crippen MR) is 83.1 cm³/mol. The third-order valence-corrected chi connectivity index (χ3v) is 4.06. The topological polar surface area (TPSA) is 69.1 Å². The van der Waals surface area contributed by atoms with Crippen LogP contribution in [-0.4, -0.2) is 21.2 Å². The standard InChI is InChI=1S/C15H11ClN2O3S/c1-9(13(19)10-4-2-5-11(16)8-10)22-15-18-17-14(21-15)12-6-3-7-20-12/h2-9H,1H3. The van der Waals surface area contributed by atoms with Gasteiger partial charge in [-0.15, -0.1) is 10.2 Å². The first-order valence-corrected chi connectivity index (χ1v) is 7.73. The molecule has 0 N–H and O–H groups in total. The number of carbonyl (C=O) groups is 1. The van der Waals surface area contributed by atoms with Crippen molar-refractivity contribution in [3.63, 3.8) is 0 Å². The van der Waals surface area contributed by atoms with Crippen molar-refractivity contribution in [3.8, 4) is 11.7 Å². The van der Waals surface area contributed by atoms with E-state index < -0.39 is 0 Å². The molecule has 2 heterocycles. The van der Waals surface area contributed by atoms with Crippen LogP contribution in [0.25, 0.3) is 11.7 Å². The maximum atomic E-state index is 12.3. The molecule has 0 bridgehead atoms. The molecule has 1 unspecified atom stereocenters. The van der Waals surface area contributed by atoms with Crippen LogP contribution in [0.5, 0.6) is 0 Å². The summed E-state index contributed by atoms with van der Waals surface area (Å²) in [5, 5.41) is 8.28. The lowest BCUT2D eigenvalue weighted by atomic mass is 10.1. The van der Waals surface area contributed by atoms with Crippen LogP contribution in [0.2, 0.25) is 5.02 Å². The number of carbonyl (C=O) groups excluding carboxylic acids is 1. The number of benzene rings is 1. The van der Waals surface area contributed by atoms with Gasteiger partial charge >= 0.3 is 0 Å². The molecule has 0 aliphatic carbocycles. The average Bonchev–Trinajstić information content (AvgIpc) is 3.17. The minimum atomic E-state index is -0.372. The highest BCUT2D eigenvalue weighted by molar-refractivity contribution is 8.00. The van der Waals surface area contributed by atoms with E-state index in [2.05, 4.69) is 10.2 Å². The number of nitrogens with zero attached hydrogens (tertiary/aromatic N) is 2. The highest BCUT2D eigenvalue weighted by atomic mass is 35.5. The van der Waals surface area contributed by atoms with Gasteiger partial charge in [0.25, 0.3) is 11.1 Å². The van der Waals surface area contributed by atoms with Crippen molar-refractivity contribution in [2.45, 2.75) is 17.4 Å². The Morgan fingerprint density at radius 1 is 1.27 bits per heavy atom. The normalized spacial score (nSPS) is 12.3. The zero-order valence-corrected chi connectivity index (χ0v) is 13.1. The Kier molecular flexibility index (Phi) is 4.31. The molecule has 0 aliphatic rings. The number of halogens is 1. The van der Waals surface area contributed by atoms with Gasteiger partial charge in [-0.05, 0) is 31.2 Å². The zero-order valence-electron chi connectivity index (χ0n) is 11.5. The maximum absolute atomic E-state index is 12.3. The lowest BCUT2D eigenvalue weighted by Gasteiger charge is -2.07. The van der Waals surface area contributed by atoms with Crippen LogP contribution in [-0.2, 0) is 0 Å². The summed E-state index contributed by atoms with van der Waals surface area (Å²) in [5.74, 6) is 0.730. The Bertz CT molecular complexity index is 786. The molecule has 3 aromatic rings. The van der Waals surface area contributed by atoms with E-state index in [9.17, 15) is 4.79 Å². The Morgan fingerprint density at radius 2 is 2.14 bits per heavy atom. The van der Waals surface area contributed by atoms with Gasteiger partial charge in [-0.3, -0.25) is 4.79 Å². The van der Waals surface area contributed by atoms with E-state index in [1.807, 2.05) is 0 Å². The number of hydrogen-bond donors (Lipinski definition) is 0. The van der Waals surface area contributed by atoms with Gasteiger partial charge in [0, 0.05) is 10.6 Å². The summed E-state index contributed by atoms with van der Waals surface area (Å²) in [6.07, 6.45) is 1.53. The Balaban J connectivity index is 1.71. The second-order valence-electron chi connectivity index (χ2n) is 4.49. The number of aromatic nitrogens is 2. The van der Waals surface area contributed by atoms with Gasteiger partial charge in [0.15, 0.2) is 11.5 Å². The van der Waals surface area contributed by atoms with E-state index in [1.165, 1.54) is 18.0 Å². The van der Waals surface area contributed by atoms with E-state index >= 15 is 0 Å². The van der Waals surface area contributed by atoms with Crippen molar-refractivity contribution in [2.75, 3.05) is 0 Å². The summed E-state index contributed by atoms with van der Waals surface area (Å²) in [6, 6.07) is 10.3. The van der Waals surface area contributed by atoms with Crippen LogP contribution < -0.4 is 0 Å². The van der Waals surface area contributed by atoms with E-state index in [0.29, 0.717) is 21.6 Å². The molecule has 2 aromatic heterocycles. The molecular formula is C15H11ClN2O3S. The molecule has 0 spiro atoms. The van der Waals surface area contributed by atoms with Crippen LogP contribution in [0.1, 0.15) is 17.3 Å². The highest BCUT2D eigenvalue weighted by Crippen LogP contribution is 2.28. The van der Waals surface area contributed by atoms with Gasteiger partial charge in [0.2, 0.25) is 0 Å². The Labute approximate surface area is 135 Å². The minimum absolute atomic E-state index is 0.0507. The average molecular weight is 335 g/mol. The molecule has 1 atom stereocenters. The molecule has 0 radical (unpaired) electrons. The molecule has 0 amide bonds. The number of hydrogen-bond acceptors (Lipinski definition) is 6. The maximum Gasteiger partial charge on any atom is 0.284 e. The van der Waals surface area contributed by atoms with Gasteiger partial charge in [0.05, 0.1) is 11.5 Å². The van der Waals surface area contributed by atoms with Crippen molar-refractivity contribution >= 4 is 29.1 Å². The van der Waals surface area contributed by atoms with Gasteiger partial charge in [-0.25, -0.2) is 0 Å². The molecule has 5 nitrogen and oxygen atoms in total. The van der Waals surface area contributed by atoms with Crippen LogP contribution in [0.4, 0.5) is 0 Å². The van der Waals surface area contributed by atoms with Crippen molar-refractivity contribution in [2.24, 2.45) is 0 Å². The van der Waals surface area contributed by atoms with E-state index in [1.54, 1.807) is 43.3 Å². The number of Topliss-reactive ketones (excluding diaryl/α,β-unsaturated/α-hetero) is 1. The van der Waals surface area contributed by atoms with Gasteiger partial charge < -0.3 is 8.83 Å². The van der Waals surface area contributed by atoms with Gasteiger partial charge in [0.1, 0.15) is 0 Å². The number of furan rings is 1. The summed E-state index contributed by atoms with van der Waals surface area (Å²) in [4.78, 5) is 12.3. The summed E-state index contributed by atoms with van der Waals surface area (Å²) in [6.45, 7) is 1.78. The summed E-state index contributed by atoms with van der Waals surface area (Å²) in [7, 11) is 0. The zero-order chi connectivity index (χ0) is 15.5. The second-order valence-corrected chi connectivity index (χ2v) is 6.21. The molecular weight excluding hydrogens is 324 g/mol. The first kappa shape index (κ1) is 14.9. The quantitative estimate of drug-likeness (QED) is 0.510. The summed E-state index contributed by atoms with van der Waals surface area (Å²) in [5.41, 5.74) is 0.554. The van der Waals surface area contributed by atoms with Gasteiger partial charge in [-0.2, -0.15) is 0 Å². The van der Waals surface area contributed by atoms with Crippen molar-refractivity contribution in [3.05, 3.63) is 53.2 Å². The monoisotopic (exact) mass is 334 g/mol. The van der Waals surface area contributed by atoms with E-state index in [0.717, 1.165) is 0 Å². The summed E-state index contributed by atoms with van der Waals surface area (Å²) < 4.78 is 10.7. The van der Waals surface area contributed by atoms with E-state index in [4.69, 9.17) is 20.4 Å². The van der Waals surface area contributed by atoms with Gasteiger partial charge in [-0.1, -0.05) is 35.5 Å². The lowest BCUT2D eigenvalue weighted by molar-refractivity contribution is 0.0993. The molecule has 0 saturated heterocycles. The first-order chi connectivity index (χ1) is 10.6. The van der Waals surface area contributed by atoms with Crippen molar-refractivity contribution in [1.82, 2.24) is 10.2 Å². The fraction of sp³-hybridized carbons (Fsp3) is 0.133. The molecule has 22 heavy (non-hydrogen) atoms. The first-order valence-electron chi connectivity index (χ1n) is 6.47. The summed E-state index contributed by atoms with van der Waals surface area (Å²) >= 11 is 7.10. The molecule has 3 rings (SSSR count). The van der Waals surface area contributed by atoms with Crippen LogP contribution in [0.3, 0.4) is 0 Å². The second kappa shape index (κ2) is 6.37. The fourth-order valence-electron chi connectivity index (χ4n) is 1.84. The third kappa shape index (κ3) is 3.23. The van der Waals surface area contributed by atoms with Crippen LogP contribution in [0, 0.1) is 0 Å². The van der Waals surface area contributed by atoms with Crippen LogP contribution >= 0.6 is 23.4 Å². The number of rotatable bonds is 5. The predicted octanol–water partition coefficient (Wildman–Crippen LogP) is 4.35. The molecule has 7 heteroatoms. The lowest BCUT2D eigenvalue weighted by Crippen LogP contribution is -2.13. The number of thioether (sulfide) groups is 1. The smallest absolute Gasteiger partial charge is 0.284 e. The molecule has 0 aliphatic heterocycles. The SMILES string of the molecule is CC(Sc1nnc(-c2ccco2)o1)C(=O)c1cccc(Cl)c1. The van der Waals surface area contributed by atoms with E-state index in [-0.39, 0.29) is 16.9 Å². The van der Waals surface area contributed by atoms with Crippen molar-refractivity contribution in [1.29, 1.82) is 0 Å². The minimum Gasteiger partial charge on any atom is -0.459 e. The number of ketones is 1. The van der Waals surface area contributed by atoms with Crippen molar-refractivity contribution < 1.29 is 13.6 Å². The fourth-order valence-corrected chi connectivity index (χ4v) is 2.79. The van der Waals surface area contributed by atoms with Crippen LogP contribution in [0.15, 0.2) is 56.7 Å². The molecule has 112 valence electrons. The molecule has 0 fully saturated rings. The Hall–Kier alpha value is -2.05. The molecule has 0 saturated carbocycles. The third-order valence-electron chi connectivity index (χ3n) is 2.89.